The van der Waals surface area contributed by atoms with Gasteiger partial charge in [0.15, 0.2) is 11.5 Å². The summed E-state index contributed by atoms with van der Waals surface area (Å²) in [6.45, 7) is 4.81. The van der Waals surface area contributed by atoms with Gasteiger partial charge in [0.05, 0.1) is 7.11 Å². The summed E-state index contributed by atoms with van der Waals surface area (Å²) < 4.78 is 22.1. The van der Waals surface area contributed by atoms with Gasteiger partial charge in [0.25, 0.3) is 5.91 Å². The van der Waals surface area contributed by atoms with Crippen molar-refractivity contribution in [3.05, 3.63) is 105 Å². The summed E-state index contributed by atoms with van der Waals surface area (Å²) in [4.78, 5) is 36.9. The fourth-order valence-electron chi connectivity index (χ4n) is 3.80. The Morgan fingerprint density at radius 3 is 2.59 bits per heavy atom. The molecule has 1 N–H and O–H groups in total. The van der Waals surface area contributed by atoms with Gasteiger partial charge in [-0.15, -0.1) is 0 Å². The highest BCUT2D eigenvalue weighted by atomic mass is 16.5. The van der Waals surface area contributed by atoms with E-state index in [4.69, 9.17) is 18.6 Å². The molecule has 0 unspecified atom stereocenters. The van der Waals surface area contributed by atoms with Crippen molar-refractivity contribution in [3.8, 4) is 17.2 Å². The molecule has 3 aromatic carbocycles. The number of amides is 1. The summed E-state index contributed by atoms with van der Waals surface area (Å²) >= 11 is 0. The highest BCUT2D eigenvalue weighted by Gasteiger charge is 2.14. The maximum absolute atomic E-state index is 12.4. The summed E-state index contributed by atoms with van der Waals surface area (Å²) in [7, 11) is 1.55. The van der Waals surface area contributed by atoms with Crippen LogP contribution in [0.1, 0.15) is 40.4 Å². The standard InChI is InChI=1S/C31H29NO7/c1-4-15-32-30(34)25-17-22-11-12-24(18-27(22)39-31(25)35)38-29(33)14-10-21-9-13-26(28(16-21)36-3)37-19-23-8-6-5-7-20(23)2/h5-14,16-18H,4,15,19H2,1-3H3,(H,32,34)/b14-10+. The summed E-state index contributed by atoms with van der Waals surface area (Å²) in [5, 5.41) is 3.18. The normalized spacial score (nSPS) is 10.9. The van der Waals surface area contributed by atoms with Gasteiger partial charge in [-0.3, -0.25) is 4.79 Å². The van der Waals surface area contributed by atoms with E-state index >= 15 is 0 Å². The van der Waals surface area contributed by atoms with Crippen LogP contribution in [0.2, 0.25) is 0 Å². The number of methoxy groups -OCH3 is 1. The first-order valence-corrected chi connectivity index (χ1v) is 12.5. The number of esters is 1. The van der Waals surface area contributed by atoms with Crippen LogP contribution in [0.5, 0.6) is 17.2 Å². The van der Waals surface area contributed by atoms with Crippen molar-refractivity contribution in [1.82, 2.24) is 5.32 Å². The zero-order chi connectivity index (χ0) is 27.8. The molecule has 0 aliphatic rings. The first-order valence-electron chi connectivity index (χ1n) is 12.5. The summed E-state index contributed by atoms with van der Waals surface area (Å²) in [6.07, 6.45) is 3.62. The van der Waals surface area contributed by atoms with Crippen molar-refractivity contribution in [2.75, 3.05) is 13.7 Å². The molecular weight excluding hydrogens is 498 g/mol. The number of hydrogen-bond donors (Lipinski definition) is 1. The molecule has 200 valence electrons. The van der Waals surface area contributed by atoms with Gasteiger partial charge in [-0.1, -0.05) is 37.3 Å². The zero-order valence-electron chi connectivity index (χ0n) is 22.0. The van der Waals surface area contributed by atoms with Gasteiger partial charge in [0.1, 0.15) is 23.5 Å². The Kier molecular flexibility index (Phi) is 8.78. The van der Waals surface area contributed by atoms with Crippen molar-refractivity contribution >= 4 is 28.9 Å². The Bertz CT molecular complexity index is 1590. The molecule has 4 rings (SSSR count). The van der Waals surface area contributed by atoms with Crippen LogP contribution in [0.4, 0.5) is 0 Å². The highest BCUT2D eigenvalue weighted by Crippen LogP contribution is 2.29. The van der Waals surface area contributed by atoms with E-state index < -0.39 is 17.5 Å². The van der Waals surface area contributed by atoms with Crippen LogP contribution in [0, 0.1) is 6.92 Å². The van der Waals surface area contributed by atoms with Crippen molar-refractivity contribution in [3.63, 3.8) is 0 Å². The van der Waals surface area contributed by atoms with E-state index in [9.17, 15) is 14.4 Å². The van der Waals surface area contributed by atoms with Gasteiger partial charge in [0.2, 0.25) is 0 Å². The molecule has 0 aliphatic carbocycles. The van der Waals surface area contributed by atoms with E-state index in [1.165, 1.54) is 18.2 Å². The number of hydrogen-bond acceptors (Lipinski definition) is 7. The third-order valence-electron chi connectivity index (χ3n) is 5.95. The maximum Gasteiger partial charge on any atom is 0.349 e. The largest absolute Gasteiger partial charge is 0.493 e. The third kappa shape index (κ3) is 6.93. The minimum absolute atomic E-state index is 0.0781. The lowest BCUT2D eigenvalue weighted by Crippen LogP contribution is -2.28. The molecule has 8 heteroatoms. The van der Waals surface area contributed by atoms with Crippen LogP contribution in [0.3, 0.4) is 0 Å². The number of carbonyl (C=O) groups is 2. The van der Waals surface area contributed by atoms with Crippen LogP contribution < -0.4 is 25.2 Å². The van der Waals surface area contributed by atoms with Crippen LogP contribution in [-0.2, 0) is 11.4 Å². The fourth-order valence-corrected chi connectivity index (χ4v) is 3.80. The molecule has 0 spiro atoms. The summed E-state index contributed by atoms with van der Waals surface area (Å²) in [6, 6.07) is 19.4. The number of rotatable bonds is 10. The molecule has 1 heterocycles. The van der Waals surface area contributed by atoms with E-state index in [1.807, 2.05) is 38.1 Å². The van der Waals surface area contributed by atoms with Crippen LogP contribution >= 0.6 is 0 Å². The third-order valence-corrected chi connectivity index (χ3v) is 5.95. The van der Waals surface area contributed by atoms with E-state index in [0.29, 0.717) is 35.6 Å². The fraction of sp³-hybridized carbons (Fsp3) is 0.194. The average molecular weight is 528 g/mol. The lowest BCUT2D eigenvalue weighted by Gasteiger charge is -2.12. The number of carbonyl (C=O) groups excluding carboxylic acids is 2. The number of benzene rings is 3. The molecule has 0 saturated heterocycles. The molecule has 0 fully saturated rings. The highest BCUT2D eigenvalue weighted by molar-refractivity contribution is 5.97. The predicted octanol–water partition coefficient (Wildman–Crippen LogP) is 5.45. The minimum atomic E-state index is -0.764. The molecule has 0 bridgehead atoms. The Morgan fingerprint density at radius 1 is 1.00 bits per heavy atom. The number of ether oxygens (including phenoxy) is 3. The van der Waals surface area contributed by atoms with E-state index in [1.54, 1.807) is 43.5 Å². The smallest absolute Gasteiger partial charge is 0.349 e. The van der Waals surface area contributed by atoms with Crippen molar-refractivity contribution in [2.24, 2.45) is 0 Å². The van der Waals surface area contributed by atoms with Crippen molar-refractivity contribution < 1.29 is 28.2 Å². The van der Waals surface area contributed by atoms with Gasteiger partial charge in [-0.25, -0.2) is 9.59 Å². The Balaban J connectivity index is 1.41. The van der Waals surface area contributed by atoms with Gasteiger partial charge < -0.3 is 23.9 Å². The van der Waals surface area contributed by atoms with Crippen LogP contribution in [0.15, 0.2) is 82.0 Å². The molecule has 4 aromatic rings. The monoisotopic (exact) mass is 527 g/mol. The molecule has 0 radical (unpaired) electrons. The first kappa shape index (κ1) is 27.2. The minimum Gasteiger partial charge on any atom is -0.493 e. The lowest BCUT2D eigenvalue weighted by molar-refractivity contribution is -0.128. The van der Waals surface area contributed by atoms with Gasteiger partial charge in [0, 0.05) is 24.1 Å². The topological polar surface area (TPSA) is 104 Å². The Hall–Kier alpha value is -4.85. The number of nitrogens with one attached hydrogen (secondary N) is 1. The molecule has 0 aliphatic heterocycles. The summed E-state index contributed by atoms with van der Waals surface area (Å²) in [5.41, 5.74) is 2.29. The lowest BCUT2D eigenvalue weighted by atomic mass is 10.1. The Morgan fingerprint density at radius 2 is 1.82 bits per heavy atom. The van der Waals surface area contributed by atoms with Gasteiger partial charge in [-0.05, 0) is 66.4 Å². The average Bonchev–Trinajstić information content (AvgIpc) is 2.94. The SMILES string of the molecule is CCCNC(=O)c1cc2ccc(OC(=O)/C=C/c3ccc(OCc4ccccc4C)c(OC)c3)cc2oc1=O. The van der Waals surface area contributed by atoms with Crippen LogP contribution in [-0.4, -0.2) is 25.5 Å². The van der Waals surface area contributed by atoms with E-state index in [0.717, 1.165) is 17.5 Å². The van der Waals surface area contributed by atoms with Crippen LogP contribution in [0.25, 0.3) is 17.0 Å². The quantitative estimate of drug-likeness (QED) is 0.127. The van der Waals surface area contributed by atoms with Gasteiger partial charge in [-0.2, -0.15) is 0 Å². The number of fused-ring (bicyclic) bond motifs is 1. The van der Waals surface area contributed by atoms with E-state index in [2.05, 4.69) is 5.32 Å². The molecule has 0 saturated carbocycles. The molecule has 0 atom stereocenters. The predicted molar refractivity (Wildman–Crippen MR) is 148 cm³/mol. The van der Waals surface area contributed by atoms with Crippen molar-refractivity contribution in [1.29, 1.82) is 0 Å². The number of aryl methyl sites for hydroxylation is 1. The molecule has 1 aromatic heterocycles. The molecular formula is C31H29NO7. The summed E-state index contributed by atoms with van der Waals surface area (Å²) in [5.74, 6) is 0.207. The molecule has 1 amide bonds. The second-order valence-corrected chi connectivity index (χ2v) is 8.78. The zero-order valence-corrected chi connectivity index (χ0v) is 22.0. The second-order valence-electron chi connectivity index (χ2n) is 8.78. The van der Waals surface area contributed by atoms with Crippen molar-refractivity contribution in [2.45, 2.75) is 26.9 Å². The first-order chi connectivity index (χ1) is 18.9. The van der Waals surface area contributed by atoms with E-state index in [-0.39, 0.29) is 16.9 Å². The Labute approximate surface area is 225 Å². The second kappa shape index (κ2) is 12.6. The van der Waals surface area contributed by atoms with Gasteiger partial charge >= 0.3 is 11.6 Å². The molecule has 39 heavy (non-hydrogen) atoms. The maximum atomic E-state index is 12.4. The molecule has 8 nitrogen and oxygen atoms in total.